The standard InChI is InChI=1S/C17H14N4O5S/c22-15(9-26-10-16-18-13-6-1-2-7-14(13)27-16)19-20-17(23)11-4-3-5-12(8-11)21(24)25/h1-8H,9-10H2,(H,19,22)(H,20,23). The average molecular weight is 386 g/mol. The third-order valence-corrected chi connectivity index (χ3v) is 4.44. The monoisotopic (exact) mass is 386 g/mol. The van der Waals surface area contributed by atoms with E-state index in [0.29, 0.717) is 0 Å². The lowest BCUT2D eigenvalue weighted by atomic mass is 10.2. The molecule has 0 bridgehead atoms. The van der Waals surface area contributed by atoms with Gasteiger partial charge in [-0.05, 0) is 18.2 Å². The minimum absolute atomic E-state index is 0.0555. The second-order valence-corrected chi connectivity index (χ2v) is 6.49. The van der Waals surface area contributed by atoms with Crippen molar-refractivity contribution in [2.24, 2.45) is 0 Å². The Morgan fingerprint density at radius 1 is 1.15 bits per heavy atom. The molecule has 1 aromatic heterocycles. The Labute approximate surface area is 157 Å². The number of amides is 2. The van der Waals surface area contributed by atoms with Crippen LogP contribution in [-0.4, -0.2) is 28.3 Å². The molecule has 27 heavy (non-hydrogen) atoms. The molecule has 0 saturated carbocycles. The first-order valence-electron chi connectivity index (χ1n) is 7.79. The molecule has 0 atom stereocenters. The van der Waals surface area contributed by atoms with Gasteiger partial charge in [0.1, 0.15) is 11.6 Å². The number of nitrogens with one attached hydrogen (secondary N) is 2. The zero-order chi connectivity index (χ0) is 19.2. The summed E-state index contributed by atoms with van der Waals surface area (Å²) in [5.74, 6) is -1.23. The van der Waals surface area contributed by atoms with Crippen LogP contribution in [0.25, 0.3) is 10.2 Å². The number of non-ortho nitro benzene ring substituents is 1. The largest absolute Gasteiger partial charge is 0.364 e. The second-order valence-electron chi connectivity index (χ2n) is 5.38. The number of para-hydroxylation sites is 1. The highest BCUT2D eigenvalue weighted by Crippen LogP contribution is 2.21. The Kier molecular flexibility index (Phi) is 5.69. The van der Waals surface area contributed by atoms with Gasteiger partial charge in [0.15, 0.2) is 0 Å². The van der Waals surface area contributed by atoms with Crippen LogP contribution in [0.3, 0.4) is 0 Å². The van der Waals surface area contributed by atoms with Gasteiger partial charge < -0.3 is 4.74 Å². The Hall–Kier alpha value is -3.37. The van der Waals surface area contributed by atoms with E-state index in [2.05, 4.69) is 15.8 Å². The van der Waals surface area contributed by atoms with Crippen molar-refractivity contribution < 1.29 is 19.2 Å². The van der Waals surface area contributed by atoms with E-state index in [9.17, 15) is 19.7 Å². The van der Waals surface area contributed by atoms with Gasteiger partial charge in [-0.2, -0.15) is 0 Å². The highest BCUT2D eigenvalue weighted by atomic mass is 32.1. The molecule has 0 saturated heterocycles. The van der Waals surface area contributed by atoms with Gasteiger partial charge in [-0.1, -0.05) is 18.2 Å². The van der Waals surface area contributed by atoms with Crippen LogP contribution in [0, 0.1) is 10.1 Å². The van der Waals surface area contributed by atoms with Crippen LogP contribution in [0.1, 0.15) is 15.4 Å². The molecule has 0 aliphatic carbocycles. The number of ether oxygens (including phenoxy) is 1. The molecule has 2 N–H and O–H groups in total. The fourth-order valence-electron chi connectivity index (χ4n) is 2.21. The number of rotatable bonds is 6. The Bertz CT molecular complexity index is 971. The lowest BCUT2D eigenvalue weighted by molar-refractivity contribution is -0.384. The van der Waals surface area contributed by atoms with Crippen LogP contribution >= 0.6 is 11.3 Å². The molecular formula is C17H14N4O5S. The van der Waals surface area contributed by atoms with Crippen molar-refractivity contribution in [3.63, 3.8) is 0 Å². The number of nitrogens with zero attached hydrogens (tertiary/aromatic N) is 2. The fourth-order valence-corrected chi connectivity index (χ4v) is 3.11. The van der Waals surface area contributed by atoms with E-state index < -0.39 is 16.7 Å². The fraction of sp³-hybridized carbons (Fsp3) is 0.118. The lowest BCUT2D eigenvalue weighted by Gasteiger charge is -2.07. The summed E-state index contributed by atoms with van der Waals surface area (Å²) in [6.45, 7) is -0.100. The van der Waals surface area contributed by atoms with Gasteiger partial charge in [-0.3, -0.25) is 30.6 Å². The summed E-state index contributed by atoms with van der Waals surface area (Å²) in [7, 11) is 0. The van der Waals surface area contributed by atoms with E-state index in [-0.39, 0.29) is 24.5 Å². The molecular weight excluding hydrogens is 372 g/mol. The molecule has 0 aliphatic rings. The summed E-state index contributed by atoms with van der Waals surface area (Å²) in [6.07, 6.45) is 0. The highest BCUT2D eigenvalue weighted by molar-refractivity contribution is 7.18. The molecule has 138 valence electrons. The molecule has 9 nitrogen and oxygen atoms in total. The smallest absolute Gasteiger partial charge is 0.270 e. The number of nitro groups is 1. The number of thiazole rings is 1. The van der Waals surface area contributed by atoms with Crippen molar-refractivity contribution in [3.05, 3.63) is 69.2 Å². The second kappa shape index (κ2) is 8.34. The predicted octanol–water partition coefficient (Wildman–Crippen LogP) is 2.18. The van der Waals surface area contributed by atoms with Gasteiger partial charge in [0.25, 0.3) is 17.5 Å². The minimum Gasteiger partial charge on any atom is -0.364 e. The molecule has 0 spiro atoms. The van der Waals surface area contributed by atoms with E-state index in [1.165, 1.54) is 29.5 Å². The van der Waals surface area contributed by atoms with Crippen LogP contribution in [-0.2, 0) is 16.1 Å². The van der Waals surface area contributed by atoms with Crippen molar-refractivity contribution in [3.8, 4) is 0 Å². The van der Waals surface area contributed by atoms with E-state index in [0.717, 1.165) is 21.3 Å². The molecule has 2 aromatic carbocycles. The molecule has 0 fully saturated rings. The molecule has 0 aliphatic heterocycles. The first kappa shape index (κ1) is 18.4. The minimum atomic E-state index is -0.668. The first-order valence-corrected chi connectivity index (χ1v) is 8.60. The summed E-state index contributed by atoms with van der Waals surface area (Å²) >= 11 is 1.48. The van der Waals surface area contributed by atoms with Gasteiger partial charge in [-0.15, -0.1) is 11.3 Å². The van der Waals surface area contributed by atoms with Crippen molar-refractivity contribution in [1.82, 2.24) is 15.8 Å². The number of nitro benzene ring substituents is 1. The Morgan fingerprint density at radius 2 is 1.96 bits per heavy atom. The first-order chi connectivity index (χ1) is 13.0. The molecule has 0 radical (unpaired) electrons. The summed E-state index contributed by atoms with van der Waals surface area (Å²) in [5.41, 5.74) is 5.08. The zero-order valence-electron chi connectivity index (χ0n) is 13.9. The van der Waals surface area contributed by atoms with Crippen molar-refractivity contribution in [2.45, 2.75) is 6.61 Å². The normalized spacial score (nSPS) is 10.5. The van der Waals surface area contributed by atoms with Crippen molar-refractivity contribution in [2.75, 3.05) is 6.61 Å². The number of aromatic nitrogens is 1. The van der Waals surface area contributed by atoms with E-state index in [4.69, 9.17) is 4.74 Å². The molecule has 1 heterocycles. The van der Waals surface area contributed by atoms with Crippen LogP contribution in [0.2, 0.25) is 0 Å². The van der Waals surface area contributed by atoms with Crippen LogP contribution < -0.4 is 10.9 Å². The average Bonchev–Trinajstić information content (AvgIpc) is 3.09. The number of hydrazine groups is 1. The van der Waals surface area contributed by atoms with Gasteiger partial charge in [0, 0.05) is 17.7 Å². The van der Waals surface area contributed by atoms with Gasteiger partial charge in [0.2, 0.25) is 0 Å². The molecule has 3 aromatic rings. The van der Waals surface area contributed by atoms with Crippen LogP contribution in [0.4, 0.5) is 5.69 Å². The van der Waals surface area contributed by atoms with Crippen molar-refractivity contribution >= 4 is 39.1 Å². The summed E-state index contributed by atoms with van der Waals surface area (Å²) in [5, 5.41) is 11.5. The van der Waals surface area contributed by atoms with Crippen molar-refractivity contribution in [1.29, 1.82) is 0 Å². The number of fused-ring (bicyclic) bond motifs is 1. The molecule has 0 unspecified atom stereocenters. The molecule has 3 rings (SSSR count). The number of carbonyl (C=O) groups excluding carboxylic acids is 2. The third-order valence-electron chi connectivity index (χ3n) is 3.43. The number of hydrogen-bond donors (Lipinski definition) is 2. The van der Waals surface area contributed by atoms with E-state index in [1.54, 1.807) is 0 Å². The van der Waals surface area contributed by atoms with Gasteiger partial charge in [-0.25, -0.2) is 4.98 Å². The summed E-state index contributed by atoms with van der Waals surface area (Å²) in [6, 6.07) is 12.8. The maximum atomic E-state index is 11.9. The third kappa shape index (κ3) is 4.84. The Balaban J connectivity index is 1.44. The molecule has 10 heteroatoms. The Morgan fingerprint density at radius 3 is 2.74 bits per heavy atom. The quantitative estimate of drug-likeness (QED) is 0.494. The predicted molar refractivity (Wildman–Crippen MR) is 98.0 cm³/mol. The number of hydrogen-bond acceptors (Lipinski definition) is 7. The van der Waals surface area contributed by atoms with Gasteiger partial charge >= 0.3 is 0 Å². The summed E-state index contributed by atoms with van der Waals surface area (Å²) < 4.78 is 6.33. The summed E-state index contributed by atoms with van der Waals surface area (Å²) in [4.78, 5) is 38.2. The zero-order valence-corrected chi connectivity index (χ0v) is 14.7. The topological polar surface area (TPSA) is 123 Å². The van der Waals surface area contributed by atoms with E-state index in [1.807, 2.05) is 24.3 Å². The van der Waals surface area contributed by atoms with E-state index >= 15 is 0 Å². The van der Waals surface area contributed by atoms with Crippen LogP contribution in [0.15, 0.2) is 48.5 Å². The SMILES string of the molecule is O=C(COCc1nc2ccccc2s1)NNC(=O)c1cccc([N+](=O)[O-])c1. The lowest BCUT2D eigenvalue weighted by Crippen LogP contribution is -2.43. The maximum Gasteiger partial charge on any atom is 0.270 e. The number of benzene rings is 2. The molecule has 2 amide bonds. The highest BCUT2D eigenvalue weighted by Gasteiger charge is 2.12. The van der Waals surface area contributed by atoms with Gasteiger partial charge in [0.05, 0.1) is 21.7 Å². The number of carbonyl (C=O) groups is 2. The van der Waals surface area contributed by atoms with Crippen LogP contribution in [0.5, 0.6) is 0 Å². The maximum absolute atomic E-state index is 11.9.